The zero-order chi connectivity index (χ0) is 20.4. The normalized spacial score (nSPS) is 18.1. The second-order valence-corrected chi connectivity index (χ2v) is 6.45. The number of carbonyl (C=O) groups is 3. The number of benzene rings is 2. The first-order valence-corrected chi connectivity index (χ1v) is 8.45. The number of carboxylic acids is 1. The number of hydrogen-bond donors (Lipinski definition) is 5. The minimum Gasteiger partial charge on any atom is -0.508 e. The molecule has 0 unspecified atom stereocenters. The molecule has 1 saturated heterocycles. The van der Waals surface area contributed by atoms with Gasteiger partial charge < -0.3 is 31.3 Å². The molecule has 0 spiro atoms. The Bertz CT molecular complexity index is 897. The van der Waals surface area contributed by atoms with E-state index in [9.17, 15) is 29.7 Å². The quantitative estimate of drug-likeness (QED) is 0.447. The lowest BCUT2D eigenvalue weighted by Gasteiger charge is -2.42. The third-order valence-electron chi connectivity index (χ3n) is 4.57. The number of phenolic OH excluding ortho intramolecular Hbond substituents is 2. The van der Waals surface area contributed by atoms with Crippen LogP contribution >= 0.6 is 0 Å². The highest BCUT2D eigenvalue weighted by Gasteiger charge is 2.45. The van der Waals surface area contributed by atoms with Crippen molar-refractivity contribution in [1.29, 1.82) is 0 Å². The van der Waals surface area contributed by atoms with Gasteiger partial charge in [0.2, 0.25) is 11.8 Å². The number of amides is 2. The minimum absolute atomic E-state index is 0.0174. The Labute approximate surface area is 160 Å². The lowest BCUT2D eigenvalue weighted by Crippen LogP contribution is -2.66. The first-order valence-electron chi connectivity index (χ1n) is 8.45. The van der Waals surface area contributed by atoms with Gasteiger partial charge in [-0.2, -0.15) is 0 Å². The van der Waals surface area contributed by atoms with Crippen LogP contribution in [-0.4, -0.2) is 50.6 Å². The van der Waals surface area contributed by atoms with Gasteiger partial charge in [-0.05, 0) is 35.4 Å². The summed E-state index contributed by atoms with van der Waals surface area (Å²) in [4.78, 5) is 37.5. The number of likely N-dealkylation sites (tertiary alicyclic amines) is 1. The van der Waals surface area contributed by atoms with E-state index in [4.69, 9.17) is 5.73 Å². The molecule has 2 aromatic carbocycles. The largest absolute Gasteiger partial charge is 0.508 e. The number of phenols is 2. The van der Waals surface area contributed by atoms with Crippen molar-refractivity contribution >= 4 is 17.8 Å². The molecule has 146 valence electrons. The van der Waals surface area contributed by atoms with E-state index in [0.717, 1.165) is 4.90 Å². The number of aliphatic carboxylic acids is 1. The molecule has 2 amide bonds. The van der Waals surface area contributed by atoms with Crippen LogP contribution in [0.5, 0.6) is 11.5 Å². The molecule has 0 aliphatic carbocycles. The van der Waals surface area contributed by atoms with Gasteiger partial charge in [0.15, 0.2) is 6.04 Å². The average molecular weight is 385 g/mol. The Hall–Kier alpha value is -3.59. The number of aromatic hydroxyl groups is 2. The number of β-lactam (4-membered cyclic amide) rings is 1. The van der Waals surface area contributed by atoms with Crippen LogP contribution in [0, 0.1) is 0 Å². The number of hydrogen-bond acceptors (Lipinski definition) is 6. The standard InChI is InChI=1S/C19H19N3O6/c20-15(10-1-5-12(23)6-2-10)17(25)21-14-9-22(18(14)26)16(19(27)28)11-3-7-13(24)8-4-11/h1-8,14-16,23-24H,9,20H2,(H,21,25)(H,27,28)/t14-,15-,16+/m0/s1. The molecule has 1 fully saturated rings. The molecule has 0 aromatic heterocycles. The van der Waals surface area contributed by atoms with Crippen molar-refractivity contribution in [3.63, 3.8) is 0 Å². The summed E-state index contributed by atoms with van der Waals surface area (Å²) in [6.45, 7) is 0.0186. The van der Waals surface area contributed by atoms with Gasteiger partial charge in [-0.15, -0.1) is 0 Å². The summed E-state index contributed by atoms with van der Waals surface area (Å²) in [6, 6.07) is 8.21. The van der Waals surface area contributed by atoms with Crippen LogP contribution in [-0.2, 0) is 14.4 Å². The molecule has 0 saturated carbocycles. The SMILES string of the molecule is N[C@H](C(=O)N[C@H]1CN([C@@H](C(=O)O)c2ccc(O)cc2)C1=O)c1ccc(O)cc1. The first kappa shape index (κ1) is 19.2. The molecule has 2 aromatic rings. The van der Waals surface area contributed by atoms with Crippen LogP contribution < -0.4 is 11.1 Å². The molecule has 3 atom stereocenters. The van der Waals surface area contributed by atoms with Crippen LogP contribution in [0.3, 0.4) is 0 Å². The van der Waals surface area contributed by atoms with Gasteiger partial charge in [-0.1, -0.05) is 24.3 Å². The number of carboxylic acid groups (broad SMARTS) is 1. The minimum atomic E-state index is -1.22. The van der Waals surface area contributed by atoms with E-state index in [1.807, 2.05) is 0 Å². The number of carbonyl (C=O) groups excluding carboxylic acids is 2. The Morgan fingerprint density at radius 1 is 1.00 bits per heavy atom. The fraction of sp³-hybridized carbons (Fsp3) is 0.211. The second kappa shape index (κ2) is 7.57. The topological polar surface area (TPSA) is 153 Å². The van der Waals surface area contributed by atoms with E-state index < -0.39 is 35.9 Å². The molecular formula is C19H19N3O6. The van der Waals surface area contributed by atoms with Gasteiger partial charge in [0.05, 0.1) is 6.54 Å². The van der Waals surface area contributed by atoms with E-state index in [1.54, 1.807) is 0 Å². The summed E-state index contributed by atoms with van der Waals surface area (Å²) >= 11 is 0. The van der Waals surface area contributed by atoms with Crippen molar-refractivity contribution in [2.45, 2.75) is 18.1 Å². The van der Waals surface area contributed by atoms with E-state index in [-0.39, 0.29) is 18.0 Å². The first-order chi connectivity index (χ1) is 13.3. The van der Waals surface area contributed by atoms with E-state index >= 15 is 0 Å². The Morgan fingerprint density at radius 3 is 1.96 bits per heavy atom. The van der Waals surface area contributed by atoms with Crippen molar-refractivity contribution in [2.24, 2.45) is 5.73 Å². The molecule has 9 heteroatoms. The number of nitrogens with zero attached hydrogens (tertiary/aromatic N) is 1. The Morgan fingerprint density at radius 2 is 1.50 bits per heavy atom. The lowest BCUT2D eigenvalue weighted by atomic mass is 9.97. The zero-order valence-corrected chi connectivity index (χ0v) is 14.6. The third-order valence-corrected chi connectivity index (χ3v) is 4.57. The Balaban J connectivity index is 1.65. The average Bonchev–Trinajstić information content (AvgIpc) is 2.67. The lowest BCUT2D eigenvalue weighted by molar-refractivity contribution is -0.160. The van der Waals surface area contributed by atoms with E-state index in [2.05, 4.69) is 5.32 Å². The van der Waals surface area contributed by atoms with E-state index in [1.165, 1.54) is 48.5 Å². The molecule has 28 heavy (non-hydrogen) atoms. The molecule has 9 nitrogen and oxygen atoms in total. The summed E-state index contributed by atoms with van der Waals surface area (Å²) in [6.07, 6.45) is 0. The van der Waals surface area contributed by atoms with Crippen molar-refractivity contribution in [1.82, 2.24) is 10.2 Å². The van der Waals surface area contributed by atoms with Crippen molar-refractivity contribution in [2.75, 3.05) is 6.54 Å². The Kier molecular flexibility index (Phi) is 5.18. The highest BCUT2D eigenvalue weighted by atomic mass is 16.4. The summed E-state index contributed by atoms with van der Waals surface area (Å²) in [5.41, 5.74) is 6.67. The third kappa shape index (κ3) is 3.74. The molecular weight excluding hydrogens is 366 g/mol. The number of rotatable bonds is 6. The zero-order valence-electron chi connectivity index (χ0n) is 14.6. The van der Waals surface area contributed by atoms with Gasteiger partial charge in [-0.3, -0.25) is 9.59 Å². The van der Waals surface area contributed by atoms with Gasteiger partial charge >= 0.3 is 5.97 Å². The summed E-state index contributed by atoms with van der Waals surface area (Å²) in [7, 11) is 0. The molecule has 0 radical (unpaired) electrons. The summed E-state index contributed by atoms with van der Waals surface area (Å²) in [5, 5.41) is 30.6. The van der Waals surface area contributed by atoms with Gasteiger partial charge in [-0.25, -0.2) is 4.79 Å². The van der Waals surface area contributed by atoms with Crippen LogP contribution in [0.25, 0.3) is 0 Å². The number of nitrogens with one attached hydrogen (secondary N) is 1. The van der Waals surface area contributed by atoms with Crippen LogP contribution in [0.4, 0.5) is 0 Å². The predicted octanol–water partition coefficient (Wildman–Crippen LogP) is 0.251. The molecule has 1 heterocycles. The number of nitrogens with two attached hydrogens (primary N) is 1. The van der Waals surface area contributed by atoms with Crippen LogP contribution in [0.15, 0.2) is 48.5 Å². The maximum Gasteiger partial charge on any atom is 0.331 e. The van der Waals surface area contributed by atoms with E-state index in [0.29, 0.717) is 11.1 Å². The van der Waals surface area contributed by atoms with Crippen LogP contribution in [0.2, 0.25) is 0 Å². The predicted molar refractivity (Wildman–Crippen MR) is 97.2 cm³/mol. The van der Waals surface area contributed by atoms with Crippen LogP contribution in [0.1, 0.15) is 23.2 Å². The van der Waals surface area contributed by atoms with Crippen molar-refractivity contribution < 1.29 is 29.7 Å². The van der Waals surface area contributed by atoms with Crippen molar-refractivity contribution in [3.8, 4) is 11.5 Å². The highest BCUT2D eigenvalue weighted by Crippen LogP contribution is 2.28. The summed E-state index contributed by atoms with van der Waals surface area (Å²) < 4.78 is 0. The fourth-order valence-corrected chi connectivity index (χ4v) is 3.00. The second-order valence-electron chi connectivity index (χ2n) is 6.45. The molecule has 6 N–H and O–H groups in total. The molecule has 0 bridgehead atoms. The highest BCUT2D eigenvalue weighted by molar-refractivity contribution is 5.96. The van der Waals surface area contributed by atoms with Crippen molar-refractivity contribution in [3.05, 3.63) is 59.7 Å². The molecule has 1 aliphatic heterocycles. The maximum absolute atomic E-state index is 12.4. The molecule has 3 rings (SSSR count). The maximum atomic E-state index is 12.4. The monoisotopic (exact) mass is 385 g/mol. The fourth-order valence-electron chi connectivity index (χ4n) is 3.00. The smallest absolute Gasteiger partial charge is 0.331 e. The molecule has 1 aliphatic rings. The van der Waals surface area contributed by atoms with Gasteiger partial charge in [0.25, 0.3) is 0 Å². The van der Waals surface area contributed by atoms with Gasteiger partial charge in [0, 0.05) is 0 Å². The van der Waals surface area contributed by atoms with Gasteiger partial charge in [0.1, 0.15) is 23.6 Å². The summed E-state index contributed by atoms with van der Waals surface area (Å²) in [5.74, 6) is -2.32.